The van der Waals surface area contributed by atoms with Crippen molar-refractivity contribution in [3.05, 3.63) is 217 Å². The number of allylic oxidation sites excluding steroid dienone is 1. The maximum Gasteiger partial charge on any atom is 0.0546 e. The van der Waals surface area contributed by atoms with Crippen LogP contribution in [0.2, 0.25) is 0 Å². The Morgan fingerprint density at radius 3 is 1.73 bits per heavy atom. The third kappa shape index (κ3) is 6.10. The molecule has 9 aromatic rings. The fourth-order valence-electron chi connectivity index (χ4n) is 8.41. The number of nitrogens with zero attached hydrogens (tertiary/aromatic N) is 1. The molecule has 0 aliphatic heterocycles. The van der Waals surface area contributed by atoms with Crippen LogP contribution in [0.1, 0.15) is 17.5 Å². The fourth-order valence-corrected chi connectivity index (χ4v) is 8.41. The second kappa shape index (κ2) is 14.1. The molecule has 1 aliphatic carbocycles. The lowest BCUT2D eigenvalue weighted by Crippen LogP contribution is -2.11. The van der Waals surface area contributed by atoms with E-state index in [1.54, 1.807) is 0 Å². The predicted octanol–water partition coefficient (Wildman–Crippen LogP) is 15.1. The second-order valence-electron chi connectivity index (χ2n) is 14.4. The van der Waals surface area contributed by atoms with Gasteiger partial charge < -0.3 is 4.90 Å². The van der Waals surface area contributed by atoms with E-state index in [4.69, 9.17) is 0 Å². The summed E-state index contributed by atoms with van der Waals surface area (Å²) < 4.78 is 0. The maximum absolute atomic E-state index is 2.45. The molecule has 10 rings (SSSR count). The molecular formula is C54H39N. The average Bonchev–Trinajstić information content (AvgIpc) is 3.27. The van der Waals surface area contributed by atoms with Gasteiger partial charge in [0.05, 0.1) is 5.69 Å². The molecule has 55 heavy (non-hydrogen) atoms. The lowest BCUT2D eigenvalue weighted by molar-refractivity contribution is 0.986. The Kier molecular flexibility index (Phi) is 8.39. The van der Waals surface area contributed by atoms with Gasteiger partial charge in [0.2, 0.25) is 0 Å². The molecular weight excluding hydrogens is 663 g/mol. The van der Waals surface area contributed by atoms with Crippen molar-refractivity contribution in [2.24, 2.45) is 0 Å². The second-order valence-corrected chi connectivity index (χ2v) is 14.4. The van der Waals surface area contributed by atoms with Crippen molar-refractivity contribution in [1.29, 1.82) is 0 Å². The van der Waals surface area contributed by atoms with E-state index in [2.05, 4.69) is 217 Å². The first-order valence-corrected chi connectivity index (χ1v) is 19.2. The van der Waals surface area contributed by atoms with Gasteiger partial charge in [-0.15, -0.1) is 0 Å². The number of hydrogen-bond acceptors (Lipinski definition) is 1. The zero-order valence-electron chi connectivity index (χ0n) is 30.6. The zero-order valence-corrected chi connectivity index (χ0v) is 30.6. The lowest BCUT2D eigenvalue weighted by atomic mass is 9.90. The van der Waals surface area contributed by atoms with Gasteiger partial charge in [-0.05, 0) is 115 Å². The number of benzene rings is 9. The number of fused-ring (bicyclic) bond motifs is 4. The molecule has 1 heteroatoms. The van der Waals surface area contributed by atoms with Crippen molar-refractivity contribution in [3.63, 3.8) is 0 Å². The minimum atomic E-state index is 1.09. The molecule has 1 aliphatic rings. The molecule has 1 nitrogen and oxygen atoms in total. The molecule has 0 heterocycles. The Balaban J connectivity index is 1.16. The summed E-state index contributed by atoms with van der Waals surface area (Å²) in [6.07, 6.45) is 6.81. The Morgan fingerprint density at radius 2 is 0.945 bits per heavy atom. The minimum absolute atomic E-state index is 1.09. The molecule has 0 bridgehead atoms. The van der Waals surface area contributed by atoms with Crippen LogP contribution in [0.15, 0.2) is 206 Å². The summed E-state index contributed by atoms with van der Waals surface area (Å²) in [5, 5.41) is 4.95. The van der Waals surface area contributed by atoms with Crippen molar-refractivity contribution in [2.75, 3.05) is 4.90 Å². The summed E-state index contributed by atoms with van der Waals surface area (Å²) in [7, 11) is 0. The van der Waals surface area contributed by atoms with Crippen LogP contribution in [0.4, 0.5) is 17.1 Å². The summed E-state index contributed by atoms with van der Waals surface area (Å²) in [5.74, 6) is 0. The number of aryl methyl sites for hydroxylation is 1. The number of rotatable bonds is 7. The quantitative estimate of drug-likeness (QED) is 0.150. The third-order valence-electron chi connectivity index (χ3n) is 11.1. The molecule has 0 saturated carbocycles. The van der Waals surface area contributed by atoms with Crippen LogP contribution < -0.4 is 4.90 Å². The van der Waals surface area contributed by atoms with Crippen molar-refractivity contribution in [1.82, 2.24) is 0 Å². The molecule has 9 aromatic carbocycles. The lowest BCUT2D eigenvalue weighted by Gasteiger charge is -2.29. The van der Waals surface area contributed by atoms with E-state index in [9.17, 15) is 0 Å². The Hall–Kier alpha value is -6.96. The smallest absolute Gasteiger partial charge is 0.0546 e. The third-order valence-corrected chi connectivity index (χ3v) is 11.1. The highest BCUT2D eigenvalue weighted by Crippen LogP contribution is 2.45. The molecule has 0 N–H and O–H groups in total. The van der Waals surface area contributed by atoms with Crippen LogP contribution in [-0.2, 0) is 6.42 Å². The molecule has 0 unspecified atom stereocenters. The highest BCUT2D eigenvalue weighted by atomic mass is 15.1. The normalized spacial score (nSPS) is 12.1. The van der Waals surface area contributed by atoms with Crippen LogP contribution in [0.3, 0.4) is 0 Å². The zero-order chi connectivity index (χ0) is 36.6. The first-order chi connectivity index (χ1) is 27.3. The van der Waals surface area contributed by atoms with Gasteiger partial charge in [-0.1, -0.05) is 182 Å². The molecule has 0 amide bonds. The van der Waals surface area contributed by atoms with E-state index in [1.807, 2.05) is 0 Å². The van der Waals surface area contributed by atoms with Crippen LogP contribution >= 0.6 is 0 Å². The summed E-state index contributed by atoms with van der Waals surface area (Å²) in [6, 6.07) is 73.2. The number of hydrogen-bond donors (Lipinski definition) is 0. The maximum atomic E-state index is 2.45. The van der Waals surface area contributed by atoms with Gasteiger partial charge in [0.1, 0.15) is 0 Å². The molecule has 0 fully saturated rings. The van der Waals surface area contributed by atoms with Crippen molar-refractivity contribution >= 4 is 44.7 Å². The molecule has 0 spiro atoms. The van der Waals surface area contributed by atoms with E-state index < -0.39 is 0 Å². The van der Waals surface area contributed by atoms with Crippen molar-refractivity contribution < 1.29 is 0 Å². The van der Waals surface area contributed by atoms with Gasteiger partial charge in [-0.3, -0.25) is 0 Å². The van der Waals surface area contributed by atoms with E-state index >= 15 is 0 Å². The highest BCUT2D eigenvalue weighted by molar-refractivity contribution is 6.14. The molecule has 0 aromatic heterocycles. The van der Waals surface area contributed by atoms with Gasteiger partial charge in [0, 0.05) is 16.8 Å². The van der Waals surface area contributed by atoms with Crippen molar-refractivity contribution in [3.8, 4) is 44.5 Å². The molecule has 0 radical (unpaired) electrons. The Bertz CT molecular complexity index is 2830. The molecule has 260 valence electrons. The van der Waals surface area contributed by atoms with Gasteiger partial charge >= 0.3 is 0 Å². The Morgan fingerprint density at radius 1 is 0.364 bits per heavy atom. The highest BCUT2D eigenvalue weighted by Gasteiger charge is 2.20. The van der Waals surface area contributed by atoms with E-state index in [0.29, 0.717) is 0 Å². The van der Waals surface area contributed by atoms with Crippen LogP contribution in [0.25, 0.3) is 72.1 Å². The topological polar surface area (TPSA) is 3.24 Å². The SMILES string of the molecule is C1=Cc2c(cccc2-c2ccc(N(c3ccc(-c4ccc(-c5ccccc5)cc4)c(-c4ccccc4)c3)c3cc4ccccc4c4ccccc34)cc2)CC1. The van der Waals surface area contributed by atoms with E-state index in [1.165, 1.54) is 77.2 Å². The average molecular weight is 702 g/mol. The van der Waals surface area contributed by atoms with Gasteiger partial charge in [0.15, 0.2) is 0 Å². The number of anilines is 3. The van der Waals surface area contributed by atoms with Crippen LogP contribution in [0, 0.1) is 0 Å². The minimum Gasteiger partial charge on any atom is -0.310 e. The largest absolute Gasteiger partial charge is 0.310 e. The summed E-state index contributed by atoms with van der Waals surface area (Å²) in [4.78, 5) is 2.45. The summed E-state index contributed by atoms with van der Waals surface area (Å²) in [6.45, 7) is 0. The predicted molar refractivity (Wildman–Crippen MR) is 235 cm³/mol. The molecule has 0 atom stereocenters. The Labute approximate surface area is 323 Å². The van der Waals surface area contributed by atoms with Gasteiger partial charge in [-0.2, -0.15) is 0 Å². The fraction of sp³-hybridized carbons (Fsp3) is 0.0370. The van der Waals surface area contributed by atoms with Gasteiger partial charge in [0.25, 0.3) is 0 Å². The van der Waals surface area contributed by atoms with Crippen molar-refractivity contribution in [2.45, 2.75) is 12.8 Å². The van der Waals surface area contributed by atoms with Crippen LogP contribution in [-0.4, -0.2) is 0 Å². The van der Waals surface area contributed by atoms with Gasteiger partial charge in [-0.25, -0.2) is 0 Å². The monoisotopic (exact) mass is 701 g/mol. The van der Waals surface area contributed by atoms with Crippen LogP contribution in [0.5, 0.6) is 0 Å². The summed E-state index contributed by atoms with van der Waals surface area (Å²) in [5.41, 5.74) is 15.9. The standard InChI is InChI=1S/C54H39N/c1-3-14-38(15-4-1)39-26-28-42(29-27-39)50-35-34-46(37-53(50)41-16-5-2-6-17-41)55(54-36-44-19-8-10-22-49(44)51-23-11-12-24-52(51)54)45-32-30-43(31-33-45)48-25-13-20-40-18-7-9-21-47(40)48/h1-6,8-17,19-37H,7,18H2. The van der Waals surface area contributed by atoms with E-state index in [-0.39, 0.29) is 0 Å². The first-order valence-electron chi connectivity index (χ1n) is 19.2. The first kappa shape index (κ1) is 32.7. The molecule has 0 saturated heterocycles. The van der Waals surface area contributed by atoms with E-state index in [0.717, 1.165) is 29.9 Å². The summed E-state index contributed by atoms with van der Waals surface area (Å²) >= 11 is 0.